The van der Waals surface area contributed by atoms with E-state index in [4.69, 9.17) is 14.2 Å². The van der Waals surface area contributed by atoms with E-state index in [0.717, 1.165) is 54.4 Å². The summed E-state index contributed by atoms with van der Waals surface area (Å²) in [5.74, 6) is 2.34. The zero-order valence-electron chi connectivity index (χ0n) is 23.0. The van der Waals surface area contributed by atoms with Crippen LogP contribution in [0.1, 0.15) is 54.6 Å². The highest BCUT2D eigenvalue weighted by molar-refractivity contribution is 5.79. The maximum Gasteiger partial charge on any atom is 0.153 e. The molecule has 0 aromatic heterocycles. The van der Waals surface area contributed by atoms with Crippen molar-refractivity contribution in [1.29, 1.82) is 0 Å². The fourth-order valence-corrected chi connectivity index (χ4v) is 4.47. The summed E-state index contributed by atoms with van der Waals surface area (Å²) < 4.78 is 31.7. The molecule has 5 nitrogen and oxygen atoms in total. The minimum Gasteiger partial charge on any atom is -0.507 e. The maximum absolute atomic E-state index is 13.3. The number of halogens is 1. The van der Waals surface area contributed by atoms with E-state index in [-0.39, 0.29) is 11.6 Å². The Hall–Kier alpha value is -4.32. The number of unbranched alkanes of at least 4 members (excludes halogenated alkanes) is 1. The molecule has 6 heteroatoms. The predicted octanol–water partition coefficient (Wildman–Crippen LogP) is 8.56. The molecule has 4 rings (SSSR count). The fraction of sp³-hybridized carbons (Fsp3) is 0.265. The summed E-state index contributed by atoms with van der Waals surface area (Å²) in [7, 11) is 0. The second kappa shape index (κ2) is 14.2. The number of rotatable bonds is 14. The van der Waals surface area contributed by atoms with Crippen LogP contribution in [0.4, 0.5) is 4.39 Å². The van der Waals surface area contributed by atoms with Gasteiger partial charge in [-0.25, -0.2) is 4.39 Å². The molecule has 0 aliphatic carbocycles. The van der Waals surface area contributed by atoms with E-state index in [2.05, 4.69) is 6.92 Å². The third kappa shape index (κ3) is 7.20. The minimum atomic E-state index is -0.318. The molecule has 0 saturated carbocycles. The van der Waals surface area contributed by atoms with Crippen molar-refractivity contribution in [1.82, 2.24) is 0 Å². The number of carbonyl (C=O) groups excluding carboxylic acids is 1. The molecule has 208 valence electrons. The van der Waals surface area contributed by atoms with Gasteiger partial charge >= 0.3 is 0 Å². The van der Waals surface area contributed by atoms with E-state index in [1.54, 1.807) is 36.4 Å². The van der Waals surface area contributed by atoms with Crippen molar-refractivity contribution >= 4 is 6.29 Å². The number of hydrogen-bond acceptors (Lipinski definition) is 5. The lowest BCUT2D eigenvalue weighted by molar-refractivity contribution is 0.112. The van der Waals surface area contributed by atoms with Gasteiger partial charge in [-0.05, 0) is 72.9 Å². The van der Waals surface area contributed by atoms with Crippen LogP contribution >= 0.6 is 0 Å². The monoisotopic (exact) mass is 542 g/mol. The van der Waals surface area contributed by atoms with Gasteiger partial charge in [0.25, 0.3) is 0 Å². The Morgan fingerprint density at radius 1 is 0.800 bits per heavy atom. The van der Waals surface area contributed by atoms with Crippen molar-refractivity contribution in [3.8, 4) is 39.9 Å². The summed E-state index contributed by atoms with van der Waals surface area (Å²) in [6, 6.07) is 22.5. The molecule has 0 unspecified atom stereocenters. The first-order valence-corrected chi connectivity index (χ1v) is 13.7. The van der Waals surface area contributed by atoms with Crippen LogP contribution in [-0.2, 0) is 12.8 Å². The van der Waals surface area contributed by atoms with Gasteiger partial charge in [-0.3, -0.25) is 4.79 Å². The smallest absolute Gasteiger partial charge is 0.153 e. The normalized spacial score (nSPS) is 10.8. The van der Waals surface area contributed by atoms with E-state index in [0.29, 0.717) is 48.0 Å². The first-order chi connectivity index (χ1) is 19.5. The van der Waals surface area contributed by atoms with Gasteiger partial charge in [-0.2, -0.15) is 0 Å². The largest absolute Gasteiger partial charge is 0.507 e. The molecule has 0 heterocycles. The molecule has 0 aliphatic heterocycles. The third-order valence-electron chi connectivity index (χ3n) is 6.66. The first-order valence-electron chi connectivity index (χ1n) is 13.7. The van der Waals surface area contributed by atoms with Crippen molar-refractivity contribution in [2.45, 2.75) is 46.0 Å². The fourth-order valence-electron chi connectivity index (χ4n) is 4.47. The lowest BCUT2D eigenvalue weighted by Crippen LogP contribution is -2.08. The van der Waals surface area contributed by atoms with Crippen LogP contribution in [0, 0.1) is 5.82 Å². The van der Waals surface area contributed by atoms with Crippen molar-refractivity contribution < 1.29 is 28.5 Å². The average Bonchev–Trinajstić information content (AvgIpc) is 2.97. The van der Waals surface area contributed by atoms with Crippen molar-refractivity contribution in [2.75, 3.05) is 13.2 Å². The van der Waals surface area contributed by atoms with Crippen LogP contribution in [0.5, 0.6) is 28.7 Å². The number of hydrogen-bond donors (Lipinski definition) is 1. The number of aldehydes is 1. The molecule has 4 aromatic rings. The Balaban J connectivity index is 1.40. The highest BCUT2D eigenvalue weighted by Gasteiger charge is 2.14. The molecular formula is C34H35FO5. The Morgan fingerprint density at radius 2 is 1.50 bits per heavy atom. The van der Waals surface area contributed by atoms with Crippen LogP contribution in [0.3, 0.4) is 0 Å². The van der Waals surface area contributed by atoms with Crippen molar-refractivity contribution in [3.63, 3.8) is 0 Å². The van der Waals surface area contributed by atoms with Gasteiger partial charge in [0.15, 0.2) is 6.29 Å². The Morgan fingerprint density at radius 3 is 2.23 bits per heavy atom. The lowest BCUT2D eigenvalue weighted by Gasteiger charge is -2.17. The Labute approximate surface area is 235 Å². The molecular weight excluding hydrogens is 507 g/mol. The predicted molar refractivity (Wildman–Crippen MR) is 155 cm³/mol. The van der Waals surface area contributed by atoms with Gasteiger partial charge in [0, 0.05) is 23.6 Å². The topological polar surface area (TPSA) is 65.0 Å². The van der Waals surface area contributed by atoms with Crippen molar-refractivity contribution in [2.24, 2.45) is 0 Å². The number of phenolic OH excluding ortho intramolecular Hbond substituents is 1. The number of para-hydroxylation sites is 1. The standard InChI is InChI=1S/C34H35FO5/c1-3-5-11-28-32(13-8-14-33(28)40-31-12-7-6-10-26(31)23-36)38-19-9-20-39-34-22-30(37)29(21-24(34)4-2)25-15-17-27(35)18-16-25/h6-8,10,12-18,21-23,37H,3-5,9,11,19-20H2,1-2H3. The summed E-state index contributed by atoms with van der Waals surface area (Å²) >= 11 is 0. The summed E-state index contributed by atoms with van der Waals surface area (Å²) in [5, 5.41) is 10.6. The van der Waals surface area contributed by atoms with E-state index in [1.807, 2.05) is 37.3 Å². The van der Waals surface area contributed by atoms with Crippen LogP contribution < -0.4 is 14.2 Å². The Bertz CT molecular complexity index is 1410. The molecule has 0 saturated heterocycles. The van der Waals surface area contributed by atoms with Crippen LogP contribution in [0.25, 0.3) is 11.1 Å². The Kier molecular flexibility index (Phi) is 10.2. The number of carbonyl (C=O) groups is 1. The summed E-state index contributed by atoms with van der Waals surface area (Å²) in [4.78, 5) is 11.5. The van der Waals surface area contributed by atoms with E-state index >= 15 is 0 Å². The maximum atomic E-state index is 13.3. The number of ether oxygens (including phenoxy) is 3. The molecule has 0 amide bonds. The van der Waals surface area contributed by atoms with E-state index < -0.39 is 0 Å². The van der Waals surface area contributed by atoms with Gasteiger partial charge in [0.2, 0.25) is 0 Å². The number of aryl methyl sites for hydroxylation is 1. The quantitative estimate of drug-likeness (QED) is 0.128. The third-order valence-corrected chi connectivity index (χ3v) is 6.66. The van der Waals surface area contributed by atoms with Gasteiger partial charge in [0.1, 0.15) is 34.6 Å². The number of phenols is 1. The zero-order valence-corrected chi connectivity index (χ0v) is 23.0. The first kappa shape index (κ1) is 28.7. The van der Waals surface area contributed by atoms with Gasteiger partial charge in [-0.15, -0.1) is 0 Å². The molecule has 40 heavy (non-hydrogen) atoms. The molecule has 0 spiro atoms. The molecule has 0 atom stereocenters. The minimum absolute atomic E-state index is 0.0867. The van der Waals surface area contributed by atoms with Gasteiger partial charge in [0.05, 0.1) is 18.8 Å². The highest BCUT2D eigenvalue weighted by Crippen LogP contribution is 2.37. The molecule has 0 radical (unpaired) electrons. The van der Waals surface area contributed by atoms with Crippen LogP contribution in [0.2, 0.25) is 0 Å². The molecule has 1 N–H and O–H groups in total. The number of aromatic hydroxyl groups is 1. The van der Waals surface area contributed by atoms with Gasteiger partial charge in [-0.1, -0.05) is 50.6 Å². The van der Waals surface area contributed by atoms with Crippen LogP contribution in [-0.4, -0.2) is 24.6 Å². The zero-order chi connectivity index (χ0) is 28.3. The second-order valence-electron chi connectivity index (χ2n) is 9.48. The highest BCUT2D eigenvalue weighted by atomic mass is 19.1. The second-order valence-corrected chi connectivity index (χ2v) is 9.48. The van der Waals surface area contributed by atoms with E-state index in [9.17, 15) is 14.3 Å². The summed E-state index contributed by atoms with van der Waals surface area (Å²) in [5.41, 5.74) is 3.81. The molecule has 4 aromatic carbocycles. The SMILES string of the molecule is CCCCc1c(OCCCOc2cc(O)c(-c3ccc(F)cc3)cc2CC)cccc1Oc1ccccc1C=O. The van der Waals surface area contributed by atoms with E-state index in [1.165, 1.54) is 12.1 Å². The van der Waals surface area contributed by atoms with Crippen LogP contribution in [0.15, 0.2) is 78.9 Å². The number of benzene rings is 4. The molecule has 0 fully saturated rings. The molecule has 0 aliphatic rings. The van der Waals surface area contributed by atoms with Gasteiger partial charge < -0.3 is 19.3 Å². The lowest BCUT2D eigenvalue weighted by atomic mass is 10.00. The summed E-state index contributed by atoms with van der Waals surface area (Å²) in [6.45, 7) is 5.01. The average molecular weight is 543 g/mol. The van der Waals surface area contributed by atoms with Crippen molar-refractivity contribution in [3.05, 3.63) is 101 Å². The molecule has 0 bridgehead atoms. The summed E-state index contributed by atoms with van der Waals surface area (Å²) in [6.07, 6.45) is 4.95.